The van der Waals surface area contributed by atoms with Gasteiger partial charge in [-0.2, -0.15) is 13.2 Å². The number of amides is 1. The molecule has 3 aromatic heterocycles. The van der Waals surface area contributed by atoms with Crippen molar-refractivity contribution in [1.82, 2.24) is 9.97 Å². The SMILES string of the molecule is O=C(Nc1cccnc1)c1cc(-c2ccco2)nc2ccc(Br)cc12.O=C(O)C(F)(F)F. The van der Waals surface area contributed by atoms with Gasteiger partial charge in [0, 0.05) is 16.1 Å². The first-order valence-electron chi connectivity index (χ1n) is 8.81. The van der Waals surface area contributed by atoms with Crippen molar-refractivity contribution < 1.29 is 32.3 Å². The Labute approximate surface area is 187 Å². The maximum absolute atomic E-state index is 12.8. The second-order valence-corrected chi connectivity index (χ2v) is 7.11. The number of furan rings is 1. The molecule has 11 heteroatoms. The van der Waals surface area contributed by atoms with E-state index in [1.165, 1.54) is 0 Å². The average Bonchev–Trinajstić information content (AvgIpc) is 3.28. The molecule has 1 amide bonds. The summed E-state index contributed by atoms with van der Waals surface area (Å²) < 4.78 is 38.0. The van der Waals surface area contributed by atoms with Gasteiger partial charge in [0.15, 0.2) is 5.76 Å². The molecule has 0 unspecified atom stereocenters. The first kappa shape index (κ1) is 22.9. The lowest BCUT2D eigenvalue weighted by Crippen LogP contribution is -2.21. The Balaban J connectivity index is 0.000000360. The average molecular weight is 508 g/mol. The number of rotatable bonds is 3. The number of halogens is 4. The molecule has 7 nitrogen and oxygen atoms in total. The molecule has 2 N–H and O–H groups in total. The molecule has 3 heterocycles. The highest BCUT2D eigenvalue weighted by Crippen LogP contribution is 2.28. The predicted octanol–water partition coefficient (Wildman–Crippen LogP) is 5.54. The van der Waals surface area contributed by atoms with Crippen LogP contribution in [0.2, 0.25) is 0 Å². The molecule has 0 saturated heterocycles. The van der Waals surface area contributed by atoms with Gasteiger partial charge >= 0.3 is 12.1 Å². The molecule has 0 aliphatic heterocycles. The minimum absolute atomic E-state index is 0.230. The number of carbonyl (C=O) groups is 2. The summed E-state index contributed by atoms with van der Waals surface area (Å²) in [5, 5.41) is 10.7. The molecule has 0 atom stereocenters. The standard InChI is InChI=1S/C19H12BrN3O2.C2HF3O2/c20-12-5-6-16-14(9-12)15(10-17(23-16)18-4-2-8-25-18)19(24)22-13-3-1-7-21-11-13;3-2(4,5)1(6)7/h1-11H,(H,22,24);(H,6,7). The number of aromatic nitrogens is 2. The van der Waals surface area contributed by atoms with E-state index in [4.69, 9.17) is 14.3 Å². The Morgan fingerprint density at radius 3 is 2.44 bits per heavy atom. The normalized spacial score (nSPS) is 10.9. The third-order valence-corrected chi connectivity index (χ3v) is 4.44. The molecule has 4 rings (SSSR count). The van der Waals surface area contributed by atoms with E-state index in [9.17, 15) is 18.0 Å². The molecule has 164 valence electrons. The number of nitrogens with one attached hydrogen (secondary N) is 1. The second-order valence-electron chi connectivity index (χ2n) is 6.19. The van der Waals surface area contributed by atoms with E-state index in [1.807, 2.05) is 24.3 Å². The van der Waals surface area contributed by atoms with Crippen molar-refractivity contribution in [2.24, 2.45) is 0 Å². The zero-order valence-electron chi connectivity index (χ0n) is 15.9. The number of benzene rings is 1. The van der Waals surface area contributed by atoms with Crippen molar-refractivity contribution in [3.05, 3.63) is 77.2 Å². The molecule has 0 saturated carbocycles. The maximum atomic E-state index is 12.8. The van der Waals surface area contributed by atoms with Crippen molar-refractivity contribution in [2.75, 3.05) is 5.32 Å². The summed E-state index contributed by atoms with van der Waals surface area (Å²) in [6, 6.07) is 14.5. The molecule has 0 bridgehead atoms. The Kier molecular flexibility index (Phi) is 6.89. The number of pyridine rings is 2. The summed E-state index contributed by atoms with van der Waals surface area (Å²) in [5.41, 5.74) is 2.47. The van der Waals surface area contributed by atoms with Crippen LogP contribution in [0, 0.1) is 0 Å². The van der Waals surface area contributed by atoms with Gasteiger partial charge in [0.2, 0.25) is 0 Å². The first-order chi connectivity index (χ1) is 15.1. The number of hydrogen-bond donors (Lipinski definition) is 2. The van der Waals surface area contributed by atoms with Crippen LogP contribution in [-0.2, 0) is 4.79 Å². The molecule has 32 heavy (non-hydrogen) atoms. The van der Waals surface area contributed by atoms with Crippen molar-refractivity contribution in [3.8, 4) is 11.5 Å². The van der Waals surface area contributed by atoms with Gasteiger partial charge in [0.25, 0.3) is 5.91 Å². The van der Waals surface area contributed by atoms with Crippen molar-refractivity contribution in [1.29, 1.82) is 0 Å². The summed E-state index contributed by atoms with van der Waals surface area (Å²) >= 11 is 3.45. The Bertz CT molecular complexity index is 1250. The van der Waals surface area contributed by atoms with Gasteiger partial charge in [0.05, 0.1) is 29.2 Å². The van der Waals surface area contributed by atoms with Gasteiger partial charge in [-0.1, -0.05) is 15.9 Å². The summed E-state index contributed by atoms with van der Waals surface area (Å²) in [7, 11) is 0. The first-order valence-corrected chi connectivity index (χ1v) is 9.60. The van der Waals surface area contributed by atoms with Crippen LogP contribution in [0.25, 0.3) is 22.4 Å². The highest BCUT2D eigenvalue weighted by molar-refractivity contribution is 9.10. The van der Waals surface area contributed by atoms with Gasteiger partial charge in [-0.3, -0.25) is 9.78 Å². The van der Waals surface area contributed by atoms with Crippen molar-refractivity contribution >= 4 is 44.4 Å². The van der Waals surface area contributed by atoms with Crippen LogP contribution in [0.1, 0.15) is 10.4 Å². The number of aliphatic carboxylic acids is 1. The third kappa shape index (κ3) is 5.70. The number of carboxylic acids is 1. The molecule has 0 fully saturated rings. The zero-order chi connectivity index (χ0) is 23.3. The van der Waals surface area contributed by atoms with Crippen LogP contribution < -0.4 is 5.32 Å². The van der Waals surface area contributed by atoms with Crippen LogP contribution in [0.5, 0.6) is 0 Å². The zero-order valence-corrected chi connectivity index (χ0v) is 17.5. The monoisotopic (exact) mass is 507 g/mol. The topological polar surface area (TPSA) is 105 Å². The number of alkyl halides is 3. The Morgan fingerprint density at radius 2 is 1.84 bits per heavy atom. The van der Waals surface area contributed by atoms with Gasteiger partial charge in [-0.15, -0.1) is 0 Å². The number of nitrogens with zero attached hydrogens (tertiary/aromatic N) is 2. The fourth-order valence-electron chi connectivity index (χ4n) is 2.57. The summed E-state index contributed by atoms with van der Waals surface area (Å²) in [4.78, 5) is 30.4. The van der Waals surface area contributed by atoms with Crippen LogP contribution in [0.15, 0.2) is 76.1 Å². The largest absolute Gasteiger partial charge is 0.490 e. The fraction of sp³-hybridized carbons (Fsp3) is 0.0476. The van der Waals surface area contributed by atoms with Crippen molar-refractivity contribution in [2.45, 2.75) is 6.18 Å². The molecule has 0 radical (unpaired) electrons. The van der Waals surface area contributed by atoms with Crippen molar-refractivity contribution in [3.63, 3.8) is 0 Å². The van der Waals surface area contributed by atoms with Gasteiger partial charge < -0.3 is 14.8 Å². The second kappa shape index (κ2) is 9.60. The van der Waals surface area contributed by atoms with Crippen LogP contribution in [0.4, 0.5) is 18.9 Å². The molecule has 0 aliphatic rings. The minimum Gasteiger partial charge on any atom is -0.475 e. The van der Waals surface area contributed by atoms with Gasteiger partial charge in [-0.25, -0.2) is 9.78 Å². The van der Waals surface area contributed by atoms with E-state index in [2.05, 4.69) is 31.2 Å². The smallest absolute Gasteiger partial charge is 0.475 e. The summed E-state index contributed by atoms with van der Waals surface area (Å²) in [6.07, 6.45) is -0.244. The minimum atomic E-state index is -5.08. The lowest BCUT2D eigenvalue weighted by Gasteiger charge is -2.10. The highest BCUT2D eigenvalue weighted by atomic mass is 79.9. The fourth-order valence-corrected chi connectivity index (χ4v) is 2.93. The highest BCUT2D eigenvalue weighted by Gasteiger charge is 2.38. The van der Waals surface area contributed by atoms with E-state index < -0.39 is 12.1 Å². The van der Waals surface area contributed by atoms with Gasteiger partial charge in [-0.05, 0) is 48.5 Å². The lowest BCUT2D eigenvalue weighted by molar-refractivity contribution is -0.192. The maximum Gasteiger partial charge on any atom is 0.490 e. The lowest BCUT2D eigenvalue weighted by atomic mass is 10.1. The van der Waals surface area contributed by atoms with E-state index in [1.54, 1.807) is 42.9 Å². The van der Waals surface area contributed by atoms with Crippen LogP contribution >= 0.6 is 15.9 Å². The number of carbonyl (C=O) groups excluding carboxylic acids is 1. The van der Waals surface area contributed by atoms with Gasteiger partial charge in [0.1, 0.15) is 5.69 Å². The van der Waals surface area contributed by atoms with Crippen LogP contribution in [0.3, 0.4) is 0 Å². The quantitative estimate of drug-likeness (QED) is 0.377. The number of carboxylic acid groups (broad SMARTS) is 1. The summed E-state index contributed by atoms with van der Waals surface area (Å²) in [6.45, 7) is 0. The van der Waals surface area contributed by atoms with Crippen LogP contribution in [-0.4, -0.2) is 33.1 Å². The Hall–Kier alpha value is -3.73. The molecular weight excluding hydrogens is 495 g/mol. The number of hydrogen-bond acceptors (Lipinski definition) is 5. The summed E-state index contributed by atoms with van der Waals surface area (Å²) in [5.74, 6) is -2.38. The Morgan fingerprint density at radius 1 is 1.09 bits per heavy atom. The third-order valence-electron chi connectivity index (χ3n) is 3.95. The molecule has 1 aromatic carbocycles. The van der Waals surface area contributed by atoms with E-state index in [-0.39, 0.29) is 5.91 Å². The number of fused-ring (bicyclic) bond motifs is 1. The number of anilines is 1. The van der Waals surface area contributed by atoms with E-state index >= 15 is 0 Å². The van der Waals surface area contributed by atoms with E-state index in [0.29, 0.717) is 28.2 Å². The molecule has 0 aliphatic carbocycles. The molecule has 0 spiro atoms. The molecule has 4 aromatic rings. The predicted molar refractivity (Wildman–Crippen MR) is 113 cm³/mol. The van der Waals surface area contributed by atoms with E-state index in [0.717, 1.165) is 9.86 Å². The molecular formula is C21H13BrF3N3O4.